The first kappa shape index (κ1) is 100. The first-order valence-corrected chi connectivity index (χ1v) is 46.1. The second-order valence-electron chi connectivity index (χ2n) is 30.3. The average molecular weight is 1490 g/mol. The number of hydrogen-bond acceptors (Lipinski definition) is 15. The first-order chi connectivity index (χ1) is 49.5. The molecule has 0 saturated heterocycles. The maximum Gasteiger partial charge on any atom is 0.472 e. The van der Waals surface area contributed by atoms with E-state index in [1.54, 1.807) is 0 Å². The Morgan fingerprint density at radius 3 is 0.667 bits per heavy atom. The fourth-order valence-electron chi connectivity index (χ4n) is 12.9. The Bertz CT molecular complexity index is 1940. The van der Waals surface area contributed by atoms with Crippen LogP contribution in [0.25, 0.3) is 0 Å². The van der Waals surface area contributed by atoms with Crippen LogP contribution in [0.2, 0.25) is 0 Å². The van der Waals surface area contributed by atoms with E-state index in [-0.39, 0.29) is 25.7 Å². The molecule has 0 aliphatic carbocycles. The van der Waals surface area contributed by atoms with Gasteiger partial charge in [0.1, 0.15) is 19.3 Å². The van der Waals surface area contributed by atoms with E-state index in [1.165, 1.54) is 270 Å². The minimum Gasteiger partial charge on any atom is -0.462 e. The van der Waals surface area contributed by atoms with E-state index in [0.717, 1.165) is 95.8 Å². The average Bonchev–Trinajstić information content (AvgIpc) is 0.910. The van der Waals surface area contributed by atoms with Gasteiger partial charge in [-0.3, -0.25) is 37.3 Å². The molecule has 17 nitrogen and oxygen atoms in total. The van der Waals surface area contributed by atoms with Gasteiger partial charge in [-0.2, -0.15) is 0 Å². The van der Waals surface area contributed by atoms with E-state index in [4.69, 9.17) is 37.0 Å². The van der Waals surface area contributed by atoms with E-state index < -0.39 is 97.5 Å². The molecule has 0 aromatic heterocycles. The Labute approximate surface area is 626 Å². The van der Waals surface area contributed by atoms with Gasteiger partial charge < -0.3 is 33.8 Å². The van der Waals surface area contributed by atoms with Crippen LogP contribution in [0.1, 0.15) is 446 Å². The van der Waals surface area contributed by atoms with Gasteiger partial charge in [0.25, 0.3) is 0 Å². The van der Waals surface area contributed by atoms with Crippen LogP contribution in [0.15, 0.2) is 0 Å². The number of hydrogen-bond donors (Lipinski definition) is 3. The van der Waals surface area contributed by atoms with Crippen molar-refractivity contribution in [1.82, 2.24) is 0 Å². The fourth-order valence-corrected chi connectivity index (χ4v) is 14.5. The van der Waals surface area contributed by atoms with Crippen molar-refractivity contribution in [3.05, 3.63) is 0 Å². The molecule has 0 spiro atoms. The minimum absolute atomic E-state index is 0.109. The van der Waals surface area contributed by atoms with Crippen molar-refractivity contribution in [2.24, 2.45) is 5.92 Å². The van der Waals surface area contributed by atoms with Crippen LogP contribution in [0.4, 0.5) is 0 Å². The van der Waals surface area contributed by atoms with Gasteiger partial charge in [-0.25, -0.2) is 9.13 Å². The quantitative estimate of drug-likeness (QED) is 0.0222. The molecule has 0 heterocycles. The zero-order valence-corrected chi connectivity index (χ0v) is 68.5. The largest absolute Gasteiger partial charge is 0.472 e. The van der Waals surface area contributed by atoms with E-state index in [2.05, 4.69) is 34.6 Å². The summed E-state index contributed by atoms with van der Waals surface area (Å²) in [5.74, 6) is -1.28. The first-order valence-electron chi connectivity index (χ1n) is 43.1. The summed E-state index contributed by atoms with van der Waals surface area (Å²) in [6, 6.07) is 0. The Morgan fingerprint density at radius 2 is 0.451 bits per heavy atom. The molecule has 2 unspecified atom stereocenters. The smallest absolute Gasteiger partial charge is 0.462 e. The molecular formula is C83H162O17P2. The predicted molar refractivity (Wildman–Crippen MR) is 418 cm³/mol. The molecule has 0 amide bonds. The van der Waals surface area contributed by atoms with Crippen LogP contribution in [0.5, 0.6) is 0 Å². The summed E-state index contributed by atoms with van der Waals surface area (Å²) in [7, 11) is -9.92. The molecule has 102 heavy (non-hydrogen) atoms. The number of ether oxygens (including phenoxy) is 4. The summed E-state index contributed by atoms with van der Waals surface area (Å²) < 4.78 is 68.8. The Hall–Kier alpha value is -1.94. The van der Waals surface area contributed by atoms with Gasteiger partial charge in [0, 0.05) is 25.7 Å². The van der Waals surface area contributed by atoms with Crippen LogP contribution in [0, 0.1) is 5.92 Å². The highest BCUT2D eigenvalue weighted by atomic mass is 31.2. The molecule has 0 fully saturated rings. The summed E-state index contributed by atoms with van der Waals surface area (Å²) in [6.45, 7) is 7.37. The lowest BCUT2D eigenvalue weighted by molar-refractivity contribution is -0.161. The second kappa shape index (κ2) is 75.9. The highest BCUT2D eigenvalue weighted by Gasteiger charge is 2.30. The van der Waals surface area contributed by atoms with Gasteiger partial charge in [0.05, 0.1) is 26.4 Å². The van der Waals surface area contributed by atoms with Crippen molar-refractivity contribution < 1.29 is 80.2 Å². The molecule has 0 aliphatic heterocycles. The van der Waals surface area contributed by atoms with Crippen molar-refractivity contribution in [3.8, 4) is 0 Å². The van der Waals surface area contributed by atoms with Crippen molar-refractivity contribution in [2.75, 3.05) is 39.6 Å². The Balaban J connectivity index is 5.21. The summed E-state index contributed by atoms with van der Waals surface area (Å²) in [4.78, 5) is 73.0. The number of aliphatic hydroxyl groups is 1. The van der Waals surface area contributed by atoms with Gasteiger partial charge in [0.2, 0.25) is 0 Å². The molecule has 0 bridgehead atoms. The lowest BCUT2D eigenvalue weighted by atomic mass is 10.0. The fraction of sp³-hybridized carbons (Fsp3) is 0.952. The number of esters is 4. The number of carbonyl (C=O) groups excluding carboxylic acids is 4. The number of unbranched alkanes of at least 4 members (excludes halogenated alkanes) is 55. The Kier molecular flexibility index (Phi) is 74.4. The van der Waals surface area contributed by atoms with Gasteiger partial charge >= 0.3 is 39.5 Å². The molecule has 0 radical (unpaired) electrons. The highest BCUT2D eigenvalue weighted by molar-refractivity contribution is 7.47. The molecule has 0 aliphatic rings. The second-order valence-corrected chi connectivity index (χ2v) is 33.3. The SMILES string of the molecule is CCCCCCCCCCCCCCCCCCCC(=O)OC[C@H](COP(=O)(O)OC[C@@H](O)COP(=O)(O)OC[C@@H](COC(=O)CCCCCCCCCCC)OC(=O)CCCCCCCCCCCCCCCCC)OC(=O)CCCCCCCCCCCCCCCCCCCCC(C)C. The monoisotopic (exact) mass is 1490 g/mol. The maximum absolute atomic E-state index is 13.1. The maximum atomic E-state index is 13.1. The number of carbonyl (C=O) groups is 4. The van der Waals surface area contributed by atoms with Crippen LogP contribution in [-0.4, -0.2) is 96.7 Å². The summed E-state index contributed by atoms with van der Waals surface area (Å²) in [6.07, 6.45) is 68.0. The van der Waals surface area contributed by atoms with E-state index in [0.29, 0.717) is 25.7 Å². The molecule has 0 aromatic rings. The van der Waals surface area contributed by atoms with E-state index >= 15 is 0 Å². The molecule has 19 heteroatoms. The third-order valence-electron chi connectivity index (χ3n) is 19.5. The lowest BCUT2D eigenvalue weighted by Gasteiger charge is -2.21. The van der Waals surface area contributed by atoms with Gasteiger partial charge in [-0.05, 0) is 31.6 Å². The third kappa shape index (κ3) is 76.3. The van der Waals surface area contributed by atoms with Crippen molar-refractivity contribution in [3.63, 3.8) is 0 Å². The predicted octanol–water partition coefficient (Wildman–Crippen LogP) is 25.2. The van der Waals surface area contributed by atoms with Gasteiger partial charge in [-0.15, -0.1) is 0 Å². The van der Waals surface area contributed by atoms with Crippen LogP contribution < -0.4 is 0 Å². The number of phosphoric ester groups is 2. The van der Waals surface area contributed by atoms with Crippen molar-refractivity contribution in [1.29, 1.82) is 0 Å². The van der Waals surface area contributed by atoms with Gasteiger partial charge in [-0.1, -0.05) is 394 Å². The molecule has 606 valence electrons. The van der Waals surface area contributed by atoms with Gasteiger partial charge in [0.15, 0.2) is 12.2 Å². The standard InChI is InChI=1S/C83H162O17P2/c1-6-9-12-15-18-21-23-25-27-30-35-38-42-47-52-57-62-67-81(86)94-73-79(100-83(88)69-64-59-54-49-44-40-36-32-29-28-31-34-37-41-46-50-55-60-65-76(4)5)75-98-102(91,92)96-71-77(84)70-95-101(89,90)97-74-78(72-93-80(85)66-61-56-51-45-20-17-14-11-8-3)99-82(87)68-63-58-53-48-43-39-33-26-24-22-19-16-13-10-7-2/h76-79,84H,6-75H2,1-5H3,(H,89,90)(H,91,92)/t77-,78+,79+/m0/s1. The zero-order chi connectivity index (χ0) is 74.8. The summed E-state index contributed by atoms with van der Waals surface area (Å²) >= 11 is 0. The highest BCUT2D eigenvalue weighted by Crippen LogP contribution is 2.45. The van der Waals surface area contributed by atoms with Crippen molar-refractivity contribution in [2.45, 2.75) is 464 Å². The lowest BCUT2D eigenvalue weighted by Crippen LogP contribution is -2.30. The summed E-state index contributed by atoms with van der Waals surface area (Å²) in [5.41, 5.74) is 0. The molecule has 0 saturated carbocycles. The number of rotatable bonds is 83. The number of phosphoric acid groups is 2. The van der Waals surface area contributed by atoms with Crippen LogP contribution in [-0.2, 0) is 65.4 Å². The topological polar surface area (TPSA) is 237 Å². The summed E-state index contributed by atoms with van der Waals surface area (Å²) in [5, 5.41) is 10.6. The van der Waals surface area contributed by atoms with Crippen LogP contribution >= 0.6 is 15.6 Å². The Morgan fingerprint density at radius 1 is 0.265 bits per heavy atom. The van der Waals surface area contributed by atoms with E-state index in [1.807, 2.05) is 0 Å². The van der Waals surface area contributed by atoms with E-state index in [9.17, 15) is 43.2 Å². The van der Waals surface area contributed by atoms with Crippen molar-refractivity contribution >= 4 is 39.5 Å². The molecule has 3 N–H and O–H groups in total. The molecular weight excluding hydrogens is 1330 g/mol. The normalized spacial score (nSPS) is 13.8. The number of aliphatic hydroxyl groups excluding tert-OH is 1. The van der Waals surface area contributed by atoms with Crippen LogP contribution in [0.3, 0.4) is 0 Å². The minimum atomic E-state index is -4.96. The zero-order valence-electron chi connectivity index (χ0n) is 66.8. The molecule has 5 atom stereocenters. The third-order valence-corrected chi connectivity index (χ3v) is 21.4. The molecule has 0 aromatic carbocycles. The molecule has 0 rings (SSSR count).